The maximum atomic E-state index is 12.3. The van der Waals surface area contributed by atoms with Crippen molar-refractivity contribution < 1.29 is 14.6 Å². The zero-order valence-electron chi connectivity index (χ0n) is 11.9. The summed E-state index contributed by atoms with van der Waals surface area (Å²) in [7, 11) is 0. The van der Waals surface area contributed by atoms with Gasteiger partial charge < -0.3 is 15.2 Å². The number of ether oxygens (including phenoxy) is 1. The van der Waals surface area contributed by atoms with Crippen LogP contribution < -0.4 is 10.1 Å². The van der Waals surface area contributed by atoms with Crippen molar-refractivity contribution in [3.63, 3.8) is 0 Å². The molecule has 2 aromatic rings. The van der Waals surface area contributed by atoms with Crippen LogP contribution in [0.5, 0.6) is 5.75 Å². The largest absolute Gasteiger partial charge is 0.493 e. The van der Waals surface area contributed by atoms with Crippen LogP contribution in [-0.2, 0) is 5.60 Å². The lowest BCUT2D eigenvalue weighted by Crippen LogP contribution is -2.44. The second kappa shape index (κ2) is 6.26. The Balaban J connectivity index is 1.77. The Labute approximate surface area is 142 Å². The van der Waals surface area contributed by atoms with E-state index < -0.39 is 5.60 Å². The Kier molecular flexibility index (Phi) is 4.35. The van der Waals surface area contributed by atoms with Gasteiger partial charge in [-0.25, -0.2) is 0 Å². The van der Waals surface area contributed by atoms with Crippen LogP contribution in [-0.4, -0.2) is 24.2 Å². The Bertz CT molecular complexity index is 704. The minimum Gasteiger partial charge on any atom is -0.493 e. The molecule has 0 radical (unpaired) electrons. The van der Waals surface area contributed by atoms with Gasteiger partial charge in [-0.1, -0.05) is 30.3 Å². The molecule has 5 heteroatoms. The second-order valence-electron chi connectivity index (χ2n) is 5.29. The number of aliphatic hydroxyl groups is 1. The number of nitrogens with one attached hydrogen (secondary N) is 1. The number of para-hydroxylation sites is 1. The molecular weight excluding hydrogens is 393 g/mol. The van der Waals surface area contributed by atoms with Gasteiger partial charge in [-0.2, -0.15) is 0 Å². The van der Waals surface area contributed by atoms with Crippen molar-refractivity contribution in [3.05, 3.63) is 63.2 Å². The Morgan fingerprint density at radius 1 is 1.23 bits per heavy atom. The molecule has 1 heterocycles. The van der Waals surface area contributed by atoms with Crippen LogP contribution >= 0.6 is 22.6 Å². The van der Waals surface area contributed by atoms with E-state index in [-0.39, 0.29) is 12.5 Å². The van der Waals surface area contributed by atoms with Crippen LogP contribution in [0.4, 0.5) is 0 Å². The quantitative estimate of drug-likeness (QED) is 0.767. The molecule has 1 aliphatic heterocycles. The first-order chi connectivity index (χ1) is 10.6. The number of benzene rings is 2. The summed E-state index contributed by atoms with van der Waals surface area (Å²) in [5.74, 6) is 0.502. The van der Waals surface area contributed by atoms with Crippen LogP contribution in [0.25, 0.3) is 0 Å². The molecule has 1 atom stereocenters. The monoisotopic (exact) mass is 409 g/mol. The smallest absolute Gasteiger partial charge is 0.252 e. The number of fused-ring (bicyclic) bond motifs is 1. The summed E-state index contributed by atoms with van der Waals surface area (Å²) in [6.45, 7) is 0.601. The van der Waals surface area contributed by atoms with E-state index >= 15 is 0 Å². The molecule has 114 valence electrons. The molecule has 0 aliphatic carbocycles. The summed E-state index contributed by atoms with van der Waals surface area (Å²) in [6, 6.07) is 14.8. The predicted molar refractivity (Wildman–Crippen MR) is 91.9 cm³/mol. The van der Waals surface area contributed by atoms with Gasteiger partial charge in [0.05, 0.1) is 18.7 Å². The fraction of sp³-hybridized carbons (Fsp3) is 0.235. The molecule has 0 saturated heterocycles. The maximum Gasteiger partial charge on any atom is 0.252 e. The normalized spacial score (nSPS) is 19.9. The third kappa shape index (κ3) is 2.96. The number of carbonyl (C=O) groups is 1. The van der Waals surface area contributed by atoms with Crippen molar-refractivity contribution >= 4 is 28.5 Å². The van der Waals surface area contributed by atoms with Crippen LogP contribution in [0, 0.1) is 3.57 Å². The molecule has 2 N–H and O–H groups in total. The summed E-state index contributed by atoms with van der Waals surface area (Å²) in [5.41, 5.74) is 0.251. The molecule has 1 unspecified atom stereocenters. The lowest BCUT2D eigenvalue weighted by molar-refractivity contribution is -0.00161. The minimum atomic E-state index is -1.09. The molecule has 2 aromatic carbocycles. The van der Waals surface area contributed by atoms with Gasteiger partial charge in [0.2, 0.25) is 0 Å². The van der Waals surface area contributed by atoms with Crippen molar-refractivity contribution in [1.82, 2.24) is 5.32 Å². The number of hydrogen-bond acceptors (Lipinski definition) is 3. The van der Waals surface area contributed by atoms with Crippen molar-refractivity contribution in [2.75, 3.05) is 13.2 Å². The average Bonchev–Trinajstić information content (AvgIpc) is 2.54. The highest BCUT2D eigenvalue weighted by molar-refractivity contribution is 14.1. The number of amides is 1. The van der Waals surface area contributed by atoms with Gasteiger partial charge in [0, 0.05) is 15.6 Å². The van der Waals surface area contributed by atoms with Gasteiger partial charge >= 0.3 is 0 Å². The van der Waals surface area contributed by atoms with Crippen LogP contribution in [0.2, 0.25) is 0 Å². The first-order valence-electron chi connectivity index (χ1n) is 7.07. The summed E-state index contributed by atoms with van der Waals surface area (Å²) >= 11 is 2.13. The van der Waals surface area contributed by atoms with E-state index in [1.807, 2.05) is 42.5 Å². The standard InChI is InChI=1S/C17H16INO3/c18-14-7-3-1-5-12(14)16(20)19-11-17(21)9-10-22-15-8-4-2-6-13(15)17/h1-8,21H,9-11H2,(H,19,20). The lowest BCUT2D eigenvalue weighted by atomic mass is 9.88. The summed E-state index contributed by atoms with van der Waals surface area (Å²) in [4.78, 5) is 12.3. The van der Waals surface area contributed by atoms with Crippen LogP contribution in [0.1, 0.15) is 22.3 Å². The average molecular weight is 409 g/mol. The third-order valence-corrected chi connectivity index (χ3v) is 4.76. The number of hydrogen-bond donors (Lipinski definition) is 2. The molecule has 0 saturated carbocycles. The molecule has 0 fully saturated rings. The highest BCUT2D eigenvalue weighted by Gasteiger charge is 2.35. The molecule has 0 spiro atoms. The van der Waals surface area contributed by atoms with Crippen LogP contribution in [0.3, 0.4) is 0 Å². The first kappa shape index (κ1) is 15.3. The van der Waals surface area contributed by atoms with Crippen molar-refractivity contribution in [2.45, 2.75) is 12.0 Å². The number of rotatable bonds is 3. The minimum absolute atomic E-state index is 0.164. The zero-order valence-corrected chi connectivity index (χ0v) is 14.0. The summed E-state index contributed by atoms with van der Waals surface area (Å²) in [5, 5.41) is 13.7. The molecular formula is C17H16INO3. The van der Waals surface area contributed by atoms with Crippen molar-refractivity contribution in [2.24, 2.45) is 0 Å². The summed E-state index contributed by atoms with van der Waals surface area (Å²) < 4.78 is 6.44. The van der Waals surface area contributed by atoms with E-state index in [1.165, 1.54) is 0 Å². The molecule has 4 nitrogen and oxygen atoms in total. The second-order valence-corrected chi connectivity index (χ2v) is 6.45. The van der Waals surface area contributed by atoms with E-state index in [0.717, 1.165) is 9.13 Å². The van der Waals surface area contributed by atoms with Gasteiger partial charge in [0.25, 0.3) is 5.91 Å². The number of carbonyl (C=O) groups excluding carboxylic acids is 1. The summed E-state index contributed by atoms with van der Waals surface area (Å²) in [6.07, 6.45) is 0.455. The number of halogens is 1. The highest BCUT2D eigenvalue weighted by Crippen LogP contribution is 2.36. The van der Waals surface area contributed by atoms with E-state index in [4.69, 9.17) is 4.74 Å². The van der Waals surface area contributed by atoms with Gasteiger partial charge in [0.1, 0.15) is 11.4 Å². The molecule has 22 heavy (non-hydrogen) atoms. The molecule has 3 rings (SSSR count). The third-order valence-electron chi connectivity index (χ3n) is 3.82. The molecule has 0 bridgehead atoms. The van der Waals surface area contributed by atoms with Gasteiger partial charge in [0.15, 0.2) is 0 Å². The van der Waals surface area contributed by atoms with E-state index in [2.05, 4.69) is 27.9 Å². The fourth-order valence-corrected chi connectivity index (χ4v) is 3.22. The molecule has 1 amide bonds. The van der Waals surface area contributed by atoms with Gasteiger partial charge in [-0.3, -0.25) is 4.79 Å². The Morgan fingerprint density at radius 2 is 1.95 bits per heavy atom. The SMILES string of the molecule is O=C(NCC1(O)CCOc2ccccc21)c1ccccc1I. The Morgan fingerprint density at radius 3 is 2.77 bits per heavy atom. The van der Waals surface area contributed by atoms with E-state index in [9.17, 15) is 9.90 Å². The fourth-order valence-electron chi connectivity index (χ4n) is 2.59. The molecule has 1 aliphatic rings. The van der Waals surface area contributed by atoms with Gasteiger partial charge in [-0.05, 0) is 40.8 Å². The van der Waals surface area contributed by atoms with Gasteiger partial charge in [-0.15, -0.1) is 0 Å². The topological polar surface area (TPSA) is 58.6 Å². The first-order valence-corrected chi connectivity index (χ1v) is 8.15. The predicted octanol–water partition coefficient (Wildman–Crippen LogP) is 2.69. The van der Waals surface area contributed by atoms with Crippen molar-refractivity contribution in [3.8, 4) is 5.75 Å². The zero-order chi connectivity index (χ0) is 15.6. The molecule has 0 aromatic heterocycles. The van der Waals surface area contributed by atoms with E-state index in [0.29, 0.717) is 24.3 Å². The maximum absolute atomic E-state index is 12.3. The van der Waals surface area contributed by atoms with Crippen LogP contribution in [0.15, 0.2) is 48.5 Å². The van der Waals surface area contributed by atoms with E-state index in [1.54, 1.807) is 6.07 Å². The Hall–Kier alpha value is -1.60. The highest BCUT2D eigenvalue weighted by atomic mass is 127. The lowest BCUT2D eigenvalue weighted by Gasteiger charge is -2.34. The van der Waals surface area contributed by atoms with Crippen molar-refractivity contribution in [1.29, 1.82) is 0 Å².